The maximum atomic E-state index is 11.8. The van der Waals surface area contributed by atoms with Gasteiger partial charge in [-0.1, -0.05) is 12.1 Å². The predicted octanol–water partition coefficient (Wildman–Crippen LogP) is 1.12. The van der Waals surface area contributed by atoms with Crippen LogP contribution in [-0.2, 0) is 20.9 Å². The van der Waals surface area contributed by atoms with Gasteiger partial charge in [-0.05, 0) is 24.1 Å². The van der Waals surface area contributed by atoms with Crippen molar-refractivity contribution in [3.05, 3.63) is 29.8 Å². The number of benzene rings is 1. The van der Waals surface area contributed by atoms with Gasteiger partial charge >= 0.3 is 5.97 Å². The third-order valence-corrected chi connectivity index (χ3v) is 3.26. The molecule has 0 bridgehead atoms. The number of hydrogen-bond acceptors (Lipinski definition) is 4. The van der Waals surface area contributed by atoms with Crippen LogP contribution in [0.1, 0.15) is 12.0 Å². The van der Waals surface area contributed by atoms with Crippen LogP contribution in [0.3, 0.4) is 0 Å². The standard InChI is InChI=1S/C14H17NO4/c1-18-10-5-3-9(4-6-10)8-15-13(16)11-7-12(11)14(17)19-2/h3-6,11-12H,7-8H2,1-2H3,(H,15,16)/t11-,12-/m0/s1. The first-order valence-electron chi connectivity index (χ1n) is 6.14. The van der Waals surface area contributed by atoms with Crippen molar-refractivity contribution < 1.29 is 19.1 Å². The molecule has 1 aromatic carbocycles. The highest BCUT2D eigenvalue weighted by Gasteiger charge is 2.48. The molecular weight excluding hydrogens is 246 g/mol. The van der Waals surface area contributed by atoms with Crippen molar-refractivity contribution in [3.8, 4) is 5.75 Å². The van der Waals surface area contributed by atoms with Crippen LogP contribution in [0.2, 0.25) is 0 Å². The molecule has 1 amide bonds. The Labute approximate surface area is 111 Å². The second kappa shape index (κ2) is 5.73. The summed E-state index contributed by atoms with van der Waals surface area (Å²) in [6, 6.07) is 7.47. The average Bonchev–Trinajstić information content (AvgIpc) is 3.25. The fourth-order valence-corrected chi connectivity index (χ4v) is 1.96. The number of amides is 1. The number of rotatable bonds is 5. The zero-order valence-electron chi connectivity index (χ0n) is 11.0. The molecule has 1 N–H and O–H groups in total. The van der Waals surface area contributed by atoms with Gasteiger partial charge < -0.3 is 14.8 Å². The SMILES string of the molecule is COC(=O)[C@H]1C[C@@H]1C(=O)NCc1ccc(OC)cc1. The fraction of sp³-hybridized carbons (Fsp3) is 0.429. The monoisotopic (exact) mass is 263 g/mol. The molecule has 5 heteroatoms. The Morgan fingerprint density at radius 3 is 2.47 bits per heavy atom. The smallest absolute Gasteiger partial charge is 0.309 e. The molecule has 0 saturated heterocycles. The highest BCUT2D eigenvalue weighted by atomic mass is 16.5. The topological polar surface area (TPSA) is 64.6 Å². The minimum absolute atomic E-state index is 0.0915. The van der Waals surface area contributed by atoms with E-state index < -0.39 is 0 Å². The molecule has 19 heavy (non-hydrogen) atoms. The Morgan fingerprint density at radius 2 is 1.89 bits per heavy atom. The van der Waals surface area contributed by atoms with Gasteiger partial charge in [0.25, 0.3) is 0 Å². The van der Waals surface area contributed by atoms with Crippen LogP contribution in [0, 0.1) is 11.8 Å². The minimum atomic E-state index is -0.301. The first-order valence-corrected chi connectivity index (χ1v) is 6.14. The largest absolute Gasteiger partial charge is 0.497 e. The highest BCUT2D eigenvalue weighted by Crippen LogP contribution is 2.39. The molecule has 102 valence electrons. The fourth-order valence-electron chi connectivity index (χ4n) is 1.96. The van der Waals surface area contributed by atoms with Gasteiger partial charge in [-0.25, -0.2) is 0 Å². The molecule has 2 atom stereocenters. The molecule has 2 rings (SSSR count). The van der Waals surface area contributed by atoms with Crippen molar-refractivity contribution in [2.45, 2.75) is 13.0 Å². The van der Waals surface area contributed by atoms with Gasteiger partial charge in [-0.15, -0.1) is 0 Å². The Balaban J connectivity index is 1.79. The first-order chi connectivity index (χ1) is 9.15. The molecule has 1 aliphatic rings. The van der Waals surface area contributed by atoms with E-state index in [0.29, 0.717) is 13.0 Å². The predicted molar refractivity (Wildman–Crippen MR) is 68.5 cm³/mol. The maximum Gasteiger partial charge on any atom is 0.309 e. The Bertz CT molecular complexity index is 469. The summed E-state index contributed by atoms with van der Waals surface area (Å²) in [5, 5.41) is 2.82. The lowest BCUT2D eigenvalue weighted by atomic mass is 10.2. The molecular formula is C14H17NO4. The first kappa shape index (κ1) is 13.4. The van der Waals surface area contributed by atoms with Crippen molar-refractivity contribution in [3.63, 3.8) is 0 Å². The van der Waals surface area contributed by atoms with Crippen molar-refractivity contribution in [2.24, 2.45) is 11.8 Å². The van der Waals surface area contributed by atoms with Gasteiger partial charge in [0, 0.05) is 6.54 Å². The second-order valence-corrected chi connectivity index (χ2v) is 4.54. The average molecular weight is 263 g/mol. The summed E-state index contributed by atoms with van der Waals surface area (Å²) in [6.45, 7) is 0.452. The van der Waals surface area contributed by atoms with Gasteiger partial charge in [0.2, 0.25) is 5.91 Å². The van der Waals surface area contributed by atoms with Gasteiger partial charge in [-0.2, -0.15) is 0 Å². The van der Waals surface area contributed by atoms with Crippen molar-refractivity contribution in [1.29, 1.82) is 0 Å². The van der Waals surface area contributed by atoms with Gasteiger partial charge in [0.15, 0.2) is 0 Å². The molecule has 1 saturated carbocycles. The van der Waals surface area contributed by atoms with Crippen molar-refractivity contribution in [2.75, 3.05) is 14.2 Å². The Morgan fingerprint density at radius 1 is 1.21 bits per heavy atom. The van der Waals surface area contributed by atoms with E-state index in [1.54, 1.807) is 7.11 Å². The Kier molecular flexibility index (Phi) is 4.04. The quantitative estimate of drug-likeness (QED) is 0.809. The number of methoxy groups -OCH3 is 2. The van der Waals surface area contributed by atoms with E-state index >= 15 is 0 Å². The lowest BCUT2D eigenvalue weighted by Crippen LogP contribution is -2.26. The number of esters is 1. The van der Waals surface area contributed by atoms with E-state index in [0.717, 1.165) is 11.3 Å². The summed E-state index contributed by atoms with van der Waals surface area (Å²) in [5.41, 5.74) is 0.990. The molecule has 0 spiro atoms. The van der Waals surface area contributed by atoms with Crippen LogP contribution >= 0.6 is 0 Å². The summed E-state index contributed by atoms with van der Waals surface area (Å²) in [7, 11) is 2.95. The molecule has 1 aromatic rings. The van der Waals surface area contributed by atoms with Crippen LogP contribution in [0.5, 0.6) is 5.75 Å². The van der Waals surface area contributed by atoms with E-state index in [2.05, 4.69) is 10.1 Å². The summed E-state index contributed by atoms with van der Waals surface area (Å²) in [6.07, 6.45) is 0.584. The molecule has 0 aliphatic heterocycles. The lowest BCUT2D eigenvalue weighted by Gasteiger charge is -2.06. The van der Waals surface area contributed by atoms with Crippen LogP contribution in [-0.4, -0.2) is 26.1 Å². The normalized spacial score (nSPS) is 20.5. The molecule has 1 fully saturated rings. The number of carbonyl (C=O) groups is 2. The molecule has 1 aliphatic carbocycles. The van der Waals surface area contributed by atoms with E-state index in [1.165, 1.54) is 7.11 Å². The minimum Gasteiger partial charge on any atom is -0.497 e. The van der Waals surface area contributed by atoms with Crippen molar-refractivity contribution >= 4 is 11.9 Å². The van der Waals surface area contributed by atoms with Crippen molar-refractivity contribution in [1.82, 2.24) is 5.32 Å². The van der Waals surface area contributed by atoms with Crippen LogP contribution in [0.25, 0.3) is 0 Å². The second-order valence-electron chi connectivity index (χ2n) is 4.54. The number of ether oxygens (including phenoxy) is 2. The summed E-state index contributed by atoms with van der Waals surface area (Å²) in [5.74, 6) is -0.106. The van der Waals surface area contributed by atoms with E-state index in [1.807, 2.05) is 24.3 Å². The molecule has 0 aromatic heterocycles. The molecule has 0 radical (unpaired) electrons. The summed E-state index contributed by atoms with van der Waals surface area (Å²) in [4.78, 5) is 23.0. The zero-order valence-corrected chi connectivity index (χ0v) is 11.0. The summed E-state index contributed by atoms with van der Waals surface area (Å²) >= 11 is 0. The maximum absolute atomic E-state index is 11.8. The third kappa shape index (κ3) is 3.24. The summed E-state index contributed by atoms with van der Waals surface area (Å²) < 4.78 is 9.67. The third-order valence-electron chi connectivity index (χ3n) is 3.26. The number of carbonyl (C=O) groups excluding carboxylic acids is 2. The number of hydrogen-bond donors (Lipinski definition) is 1. The molecule has 0 heterocycles. The van der Waals surface area contributed by atoms with Crippen LogP contribution in [0.15, 0.2) is 24.3 Å². The number of nitrogens with one attached hydrogen (secondary N) is 1. The lowest BCUT2D eigenvalue weighted by molar-refractivity contribution is -0.143. The Hall–Kier alpha value is -2.04. The van der Waals surface area contributed by atoms with E-state index in [-0.39, 0.29) is 23.7 Å². The zero-order chi connectivity index (χ0) is 13.8. The van der Waals surface area contributed by atoms with E-state index in [9.17, 15) is 9.59 Å². The highest BCUT2D eigenvalue weighted by molar-refractivity contribution is 5.90. The van der Waals surface area contributed by atoms with Gasteiger partial charge in [-0.3, -0.25) is 9.59 Å². The molecule has 0 unspecified atom stereocenters. The van der Waals surface area contributed by atoms with E-state index in [4.69, 9.17) is 4.74 Å². The van der Waals surface area contributed by atoms with Gasteiger partial charge in [0.1, 0.15) is 5.75 Å². The van der Waals surface area contributed by atoms with Crippen LogP contribution < -0.4 is 10.1 Å². The van der Waals surface area contributed by atoms with Crippen LogP contribution in [0.4, 0.5) is 0 Å². The molecule has 5 nitrogen and oxygen atoms in total. The van der Waals surface area contributed by atoms with Gasteiger partial charge in [0.05, 0.1) is 26.1 Å².